The third-order valence-corrected chi connectivity index (χ3v) is 5.83. The van der Waals surface area contributed by atoms with Crippen molar-refractivity contribution in [2.24, 2.45) is 0 Å². The zero-order chi connectivity index (χ0) is 13.7. The molecule has 0 radical (unpaired) electrons. The molecular weight excluding hydrogens is 276 g/mol. The molecular formula is C16H17ClOS. The molecule has 3 heteroatoms. The summed E-state index contributed by atoms with van der Waals surface area (Å²) in [5, 5.41) is 9.30. The van der Waals surface area contributed by atoms with Crippen molar-refractivity contribution in [3.8, 4) is 5.75 Å². The van der Waals surface area contributed by atoms with Crippen LogP contribution >= 0.6 is 19.9 Å². The van der Waals surface area contributed by atoms with Gasteiger partial charge in [-0.3, -0.25) is 0 Å². The highest BCUT2D eigenvalue weighted by atomic mass is 35.7. The van der Waals surface area contributed by atoms with Crippen molar-refractivity contribution in [3.05, 3.63) is 66.2 Å². The summed E-state index contributed by atoms with van der Waals surface area (Å²) in [6.45, 7) is 0. The number of hydrogen-bond donors (Lipinski definition) is 1. The Morgan fingerprint density at radius 2 is 1.68 bits per heavy atom. The fourth-order valence-corrected chi connectivity index (χ4v) is 3.64. The second-order valence-corrected chi connectivity index (χ2v) is 9.25. The number of rotatable bonds is 4. The molecule has 0 aromatic heterocycles. The molecule has 0 saturated carbocycles. The van der Waals surface area contributed by atoms with Crippen LogP contribution in [0.5, 0.6) is 5.75 Å². The van der Waals surface area contributed by atoms with Crippen LogP contribution in [-0.4, -0.2) is 17.1 Å². The van der Waals surface area contributed by atoms with Crippen LogP contribution in [0.15, 0.2) is 65.6 Å². The van der Waals surface area contributed by atoms with Crippen molar-refractivity contribution in [2.45, 2.75) is 4.90 Å². The molecule has 2 rings (SSSR count). The maximum Gasteiger partial charge on any atom is 0.115 e. The van der Waals surface area contributed by atoms with Gasteiger partial charge in [-0.25, -0.2) is 0 Å². The summed E-state index contributed by atoms with van der Waals surface area (Å²) < 4.78 is 0. The first-order chi connectivity index (χ1) is 9.08. The van der Waals surface area contributed by atoms with Gasteiger partial charge in [-0.05, 0) is 36.1 Å². The molecule has 0 aliphatic carbocycles. The molecule has 0 saturated heterocycles. The fraction of sp³-hybridized carbons (Fsp3) is 0.125. The Bertz CT molecular complexity index is 547. The van der Waals surface area contributed by atoms with Gasteiger partial charge in [-0.2, -0.15) is 0 Å². The van der Waals surface area contributed by atoms with Gasteiger partial charge in [0.25, 0.3) is 0 Å². The van der Waals surface area contributed by atoms with Gasteiger partial charge in [0, 0.05) is 10.6 Å². The Morgan fingerprint density at radius 3 is 2.32 bits per heavy atom. The monoisotopic (exact) mass is 292 g/mol. The molecule has 2 aromatic rings. The minimum absolute atomic E-state index is 0.274. The molecule has 1 nitrogen and oxygen atoms in total. The minimum Gasteiger partial charge on any atom is -0.508 e. The van der Waals surface area contributed by atoms with Crippen molar-refractivity contribution in [2.75, 3.05) is 12.0 Å². The Labute approximate surface area is 120 Å². The van der Waals surface area contributed by atoms with Crippen molar-refractivity contribution in [1.82, 2.24) is 0 Å². The molecule has 1 atom stereocenters. The van der Waals surface area contributed by atoms with Gasteiger partial charge in [0.1, 0.15) is 5.75 Å². The van der Waals surface area contributed by atoms with Gasteiger partial charge in [0.05, 0.1) is 0 Å². The zero-order valence-electron chi connectivity index (χ0n) is 10.8. The molecule has 0 heterocycles. The van der Waals surface area contributed by atoms with E-state index in [4.69, 9.17) is 10.7 Å². The van der Waals surface area contributed by atoms with E-state index in [1.165, 1.54) is 5.56 Å². The summed E-state index contributed by atoms with van der Waals surface area (Å²) in [4.78, 5) is 1.09. The third kappa shape index (κ3) is 4.05. The molecule has 0 aliphatic rings. The summed E-state index contributed by atoms with van der Waals surface area (Å²) in [5.41, 5.74) is 1.18. The lowest BCUT2D eigenvalue weighted by atomic mass is 10.2. The quantitative estimate of drug-likeness (QED) is 0.836. The van der Waals surface area contributed by atoms with Gasteiger partial charge in [-0.15, -0.1) is 9.24 Å². The third-order valence-electron chi connectivity index (χ3n) is 2.85. The molecule has 0 bridgehead atoms. The van der Waals surface area contributed by atoms with Crippen LogP contribution in [-0.2, 0) is 0 Å². The van der Waals surface area contributed by atoms with E-state index in [1.807, 2.05) is 30.3 Å². The van der Waals surface area contributed by atoms with E-state index in [9.17, 15) is 5.11 Å². The van der Waals surface area contributed by atoms with Crippen molar-refractivity contribution in [3.63, 3.8) is 0 Å². The number of halogens is 1. The first-order valence-electron chi connectivity index (χ1n) is 6.04. The van der Waals surface area contributed by atoms with Crippen LogP contribution in [0.25, 0.3) is 6.08 Å². The fourth-order valence-electron chi connectivity index (χ4n) is 1.76. The lowest BCUT2D eigenvalue weighted by molar-refractivity contribution is 0.475. The van der Waals surface area contributed by atoms with Crippen LogP contribution in [0.4, 0.5) is 0 Å². The Balaban J connectivity index is 2.05. The van der Waals surface area contributed by atoms with Crippen LogP contribution in [0.3, 0.4) is 0 Å². The highest BCUT2D eigenvalue weighted by molar-refractivity contribution is 8.50. The smallest absolute Gasteiger partial charge is 0.115 e. The van der Waals surface area contributed by atoms with Crippen molar-refractivity contribution >= 4 is 26.0 Å². The molecule has 0 amide bonds. The normalized spacial score (nSPS) is 16.1. The van der Waals surface area contributed by atoms with Gasteiger partial charge in [0.15, 0.2) is 0 Å². The average molecular weight is 293 g/mol. The van der Waals surface area contributed by atoms with Crippen molar-refractivity contribution < 1.29 is 5.11 Å². The molecule has 0 fully saturated rings. The number of benzene rings is 2. The predicted octanol–water partition coefficient (Wildman–Crippen LogP) is 5.05. The molecule has 1 N–H and O–H groups in total. The van der Waals surface area contributed by atoms with E-state index >= 15 is 0 Å². The van der Waals surface area contributed by atoms with Gasteiger partial charge in [-0.1, -0.05) is 53.2 Å². The van der Waals surface area contributed by atoms with E-state index in [0.717, 1.165) is 10.6 Å². The molecule has 0 aliphatic heterocycles. The SMILES string of the molecule is CS(Cl)(CC=Cc1ccccc1)c1ccc(O)cc1. The molecule has 2 aromatic carbocycles. The van der Waals surface area contributed by atoms with E-state index in [-0.39, 0.29) is 5.75 Å². The molecule has 0 spiro atoms. The van der Waals surface area contributed by atoms with E-state index in [0.29, 0.717) is 0 Å². The molecule has 19 heavy (non-hydrogen) atoms. The Morgan fingerprint density at radius 1 is 1.05 bits per heavy atom. The summed E-state index contributed by atoms with van der Waals surface area (Å²) in [7, 11) is 5.26. The van der Waals surface area contributed by atoms with Crippen LogP contribution < -0.4 is 0 Å². The van der Waals surface area contributed by atoms with Gasteiger partial charge >= 0.3 is 0 Å². The predicted molar refractivity (Wildman–Crippen MR) is 86.1 cm³/mol. The summed E-state index contributed by atoms with van der Waals surface area (Å²) in [5.74, 6) is 1.09. The standard InChI is InChI=1S/C16H17ClOS/c1-19(17,16-11-9-15(18)10-12-16)13-5-8-14-6-3-2-4-7-14/h2-12,18H,13H2,1H3. The summed E-state index contributed by atoms with van der Waals surface area (Å²) in [6, 6.07) is 17.3. The zero-order valence-corrected chi connectivity index (χ0v) is 12.4. The maximum atomic E-state index is 9.30. The number of hydrogen-bond acceptors (Lipinski definition) is 1. The molecule has 1 unspecified atom stereocenters. The summed E-state index contributed by atoms with van der Waals surface area (Å²) in [6.07, 6.45) is 6.27. The number of phenolic OH excluding ortho intramolecular Hbond substituents is 1. The van der Waals surface area contributed by atoms with E-state index in [2.05, 4.69) is 30.5 Å². The van der Waals surface area contributed by atoms with E-state index in [1.54, 1.807) is 12.1 Å². The lowest BCUT2D eigenvalue weighted by Gasteiger charge is -2.26. The maximum absolute atomic E-state index is 9.30. The minimum atomic E-state index is -1.37. The number of phenols is 1. The Hall–Kier alpha value is -1.38. The first kappa shape index (κ1) is 14.0. The second-order valence-electron chi connectivity index (χ2n) is 4.45. The number of aromatic hydroxyl groups is 1. The largest absolute Gasteiger partial charge is 0.508 e. The highest BCUT2D eigenvalue weighted by Crippen LogP contribution is 2.57. The van der Waals surface area contributed by atoms with Crippen LogP contribution in [0, 0.1) is 0 Å². The van der Waals surface area contributed by atoms with Crippen LogP contribution in [0.2, 0.25) is 0 Å². The average Bonchev–Trinajstić information content (AvgIpc) is 2.40. The lowest BCUT2D eigenvalue weighted by Crippen LogP contribution is -1.94. The second kappa shape index (κ2) is 6.18. The first-order valence-corrected chi connectivity index (χ1v) is 9.08. The van der Waals surface area contributed by atoms with Crippen molar-refractivity contribution in [1.29, 1.82) is 0 Å². The van der Waals surface area contributed by atoms with Gasteiger partial charge < -0.3 is 5.11 Å². The van der Waals surface area contributed by atoms with E-state index < -0.39 is 9.24 Å². The Kier molecular flexibility index (Phi) is 4.56. The molecule has 100 valence electrons. The van der Waals surface area contributed by atoms with Crippen LogP contribution in [0.1, 0.15) is 5.56 Å². The topological polar surface area (TPSA) is 20.2 Å². The highest BCUT2D eigenvalue weighted by Gasteiger charge is 2.15. The summed E-state index contributed by atoms with van der Waals surface area (Å²) >= 11 is 0. The van der Waals surface area contributed by atoms with Gasteiger partial charge in [0.2, 0.25) is 0 Å².